The molecule has 0 saturated heterocycles. The highest BCUT2D eigenvalue weighted by molar-refractivity contribution is 7.98. The van der Waals surface area contributed by atoms with Gasteiger partial charge in [-0.2, -0.15) is 11.8 Å². The van der Waals surface area contributed by atoms with E-state index < -0.39 is 38.9 Å². The molecule has 0 heterocycles. The van der Waals surface area contributed by atoms with E-state index in [0.29, 0.717) is 5.75 Å². The molecule has 1 rings (SSSR count). The first-order valence-corrected chi connectivity index (χ1v) is 9.55. The van der Waals surface area contributed by atoms with Crippen molar-refractivity contribution >= 4 is 33.4 Å². The van der Waals surface area contributed by atoms with Crippen LogP contribution >= 0.6 is 11.8 Å². The second-order valence-electron chi connectivity index (χ2n) is 5.16. The molecule has 0 radical (unpaired) electrons. The van der Waals surface area contributed by atoms with Crippen LogP contribution in [-0.2, 0) is 19.4 Å². The Kier molecular flexibility index (Phi) is 5.27. The lowest BCUT2D eigenvalue weighted by Gasteiger charge is -2.42. The lowest BCUT2D eigenvalue weighted by Crippen LogP contribution is -2.55. The van der Waals surface area contributed by atoms with Gasteiger partial charge in [-0.15, -0.1) is 0 Å². The highest BCUT2D eigenvalue weighted by atomic mass is 32.2. The van der Waals surface area contributed by atoms with Gasteiger partial charge in [-0.1, -0.05) is 19.1 Å². The van der Waals surface area contributed by atoms with E-state index in [-0.39, 0.29) is 4.91 Å². The van der Waals surface area contributed by atoms with E-state index >= 15 is 0 Å². The fraction of sp³-hybridized carbons (Fsp3) is 0.538. The van der Waals surface area contributed by atoms with Crippen molar-refractivity contribution in [2.24, 2.45) is 28.7 Å². The van der Waals surface area contributed by atoms with Gasteiger partial charge >= 0.3 is 0 Å². The smallest absolute Gasteiger partial charge is 0.230 e. The molecule has 6 nitrogen and oxygen atoms in total. The van der Waals surface area contributed by atoms with Crippen LogP contribution in [0.4, 0.5) is 0 Å². The number of carbonyl (C=O) groups excluding carboxylic acids is 2. The van der Waals surface area contributed by atoms with E-state index in [4.69, 9.17) is 11.5 Å². The minimum absolute atomic E-state index is 0.143. The van der Waals surface area contributed by atoms with Crippen LogP contribution in [0.3, 0.4) is 0 Å². The second-order valence-corrected chi connectivity index (χ2v) is 8.05. The monoisotopic (exact) mass is 332 g/mol. The highest BCUT2D eigenvalue weighted by Gasteiger charge is 2.56. The lowest BCUT2D eigenvalue weighted by molar-refractivity contribution is -0.136. The van der Waals surface area contributed by atoms with E-state index in [0.717, 1.165) is 6.26 Å². The average molecular weight is 332 g/mol. The normalized spacial score (nSPS) is 27.0. The maximum atomic E-state index is 12.2. The van der Waals surface area contributed by atoms with Gasteiger partial charge in [0.25, 0.3) is 0 Å². The summed E-state index contributed by atoms with van der Waals surface area (Å²) in [6.07, 6.45) is 7.03. The molecule has 118 valence electrons. The van der Waals surface area contributed by atoms with Gasteiger partial charge in [0.1, 0.15) is 5.41 Å². The summed E-state index contributed by atoms with van der Waals surface area (Å²) in [5.74, 6) is -2.70. The van der Waals surface area contributed by atoms with Gasteiger partial charge in [-0.3, -0.25) is 9.59 Å². The molecule has 3 atom stereocenters. The van der Waals surface area contributed by atoms with Crippen LogP contribution in [-0.4, -0.2) is 38.5 Å². The Balaban J connectivity index is 3.69. The number of allylic oxidation sites excluding steroid dienone is 2. The molecule has 4 N–H and O–H groups in total. The van der Waals surface area contributed by atoms with E-state index in [2.05, 4.69) is 0 Å². The highest BCUT2D eigenvalue weighted by Crippen LogP contribution is 2.48. The van der Waals surface area contributed by atoms with Crippen LogP contribution in [0.15, 0.2) is 23.1 Å². The predicted molar refractivity (Wildman–Crippen MR) is 83.9 cm³/mol. The number of rotatable bonds is 6. The zero-order chi connectivity index (χ0) is 16.4. The van der Waals surface area contributed by atoms with Crippen molar-refractivity contribution in [1.29, 1.82) is 0 Å². The maximum Gasteiger partial charge on any atom is 0.230 e. The van der Waals surface area contributed by atoms with Gasteiger partial charge in [-0.05, 0) is 24.0 Å². The minimum Gasteiger partial charge on any atom is -0.369 e. The summed E-state index contributed by atoms with van der Waals surface area (Å²) in [5, 5.41) is 0. The number of thioether (sulfide) groups is 1. The van der Waals surface area contributed by atoms with Gasteiger partial charge in [0.15, 0.2) is 9.84 Å². The van der Waals surface area contributed by atoms with Gasteiger partial charge in [0.2, 0.25) is 11.8 Å². The van der Waals surface area contributed by atoms with Crippen molar-refractivity contribution in [2.75, 3.05) is 18.3 Å². The standard InChI is InChI=1S/C13H20N2O4S2/c1-8(7-20-2)13(12(15)17)9(11(14)16)5-4-6-10(13)21(3,18)19/h4-6,8-9H,7H2,1-3H3,(H2,14,16)(H2,15,17). The molecule has 0 aromatic heterocycles. The van der Waals surface area contributed by atoms with E-state index in [1.165, 1.54) is 30.0 Å². The van der Waals surface area contributed by atoms with Gasteiger partial charge in [0.05, 0.1) is 10.8 Å². The minimum atomic E-state index is -3.72. The lowest BCUT2D eigenvalue weighted by atomic mass is 9.64. The fourth-order valence-electron chi connectivity index (χ4n) is 2.89. The summed E-state index contributed by atoms with van der Waals surface area (Å²) >= 11 is 1.44. The Morgan fingerprint density at radius 2 is 2.00 bits per heavy atom. The molecule has 0 fully saturated rings. The molecular formula is C13H20N2O4S2. The molecule has 0 aromatic carbocycles. The number of hydrogen-bond acceptors (Lipinski definition) is 5. The molecule has 1 aliphatic rings. The van der Waals surface area contributed by atoms with Gasteiger partial charge < -0.3 is 11.5 Å². The Morgan fingerprint density at radius 3 is 2.38 bits per heavy atom. The number of nitrogens with two attached hydrogens (primary N) is 2. The third-order valence-corrected chi connectivity index (χ3v) is 5.86. The Hall–Kier alpha value is -1.28. The van der Waals surface area contributed by atoms with Crippen LogP contribution in [0.2, 0.25) is 0 Å². The van der Waals surface area contributed by atoms with Gasteiger partial charge in [0, 0.05) is 6.26 Å². The number of primary amides is 2. The SMILES string of the molecule is CSCC(C)C1(C(N)=O)C(S(C)(=O)=O)=CC=CC1C(N)=O. The average Bonchev–Trinajstić information content (AvgIpc) is 2.36. The van der Waals surface area contributed by atoms with Crippen molar-refractivity contribution in [2.45, 2.75) is 6.92 Å². The van der Waals surface area contributed by atoms with Crippen LogP contribution < -0.4 is 11.5 Å². The Morgan fingerprint density at radius 1 is 1.43 bits per heavy atom. The molecule has 21 heavy (non-hydrogen) atoms. The first-order chi connectivity index (χ1) is 9.60. The Bertz CT molecular complexity index is 610. The molecule has 8 heteroatoms. The summed E-state index contributed by atoms with van der Waals surface area (Å²) < 4.78 is 24.2. The molecule has 0 bridgehead atoms. The third-order valence-electron chi connectivity index (χ3n) is 3.76. The van der Waals surface area contributed by atoms with Crippen LogP contribution in [0.5, 0.6) is 0 Å². The number of amides is 2. The van der Waals surface area contributed by atoms with Crippen LogP contribution in [0.25, 0.3) is 0 Å². The molecule has 1 aliphatic carbocycles. The molecule has 0 aromatic rings. The van der Waals surface area contributed by atoms with E-state index in [1.54, 1.807) is 6.92 Å². The van der Waals surface area contributed by atoms with Crippen molar-refractivity contribution in [3.8, 4) is 0 Å². The molecular weight excluding hydrogens is 312 g/mol. The fourth-order valence-corrected chi connectivity index (χ4v) is 5.03. The van der Waals surface area contributed by atoms with Crippen molar-refractivity contribution in [3.05, 3.63) is 23.1 Å². The van der Waals surface area contributed by atoms with Crippen LogP contribution in [0.1, 0.15) is 6.92 Å². The molecule has 2 amide bonds. The van der Waals surface area contributed by atoms with E-state index in [1.807, 2.05) is 6.26 Å². The number of hydrogen-bond donors (Lipinski definition) is 2. The zero-order valence-corrected chi connectivity index (χ0v) is 13.8. The van der Waals surface area contributed by atoms with Crippen molar-refractivity contribution in [1.82, 2.24) is 0 Å². The van der Waals surface area contributed by atoms with Gasteiger partial charge in [-0.25, -0.2) is 8.42 Å². The molecule has 0 aliphatic heterocycles. The first-order valence-electron chi connectivity index (χ1n) is 6.27. The Labute approximate surface area is 128 Å². The molecule has 0 saturated carbocycles. The quantitative estimate of drug-likeness (QED) is 0.712. The summed E-state index contributed by atoms with van der Waals surface area (Å²) in [6, 6.07) is 0. The predicted octanol–water partition coefficient (Wildman–Crippen LogP) is 0.0570. The van der Waals surface area contributed by atoms with Crippen LogP contribution in [0, 0.1) is 17.3 Å². The summed E-state index contributed by atoms with van der Waals surface area (Å²) in [6.45, 7) is 1.70. The maximum absolute atomic E-state index is 12.2. The number of sulfone groups is 1. The first kappa shape index (κ1) is 17.8. The van der Waals surface area contributed by atoms with Crippen molar-refractivity contribution < 1.29 is 18.0 Å². The summed E-state index contributed by atoms with van der Waals surface area (Å²) in [7, 11) is -3.72. The molecule has 3 unspecified atom stereocenters. The van der Waals surface area contributed by atoms with E-state index in [9.17, 15) is 18.0 Å². The second kappa shape index (κ2) is 6.23. The third kappa shape index (κ3) is 3.01. The number of carbonyl (C=O) groups is 2. The summed E-state index contributed by atoms with van der Waals surface area (Å²) in [4.78, 5) is 23.9. The largest absolute Gasteiger partial charge is 0.369 e. The summed E-state index contributed by atoms with van der Waals surface area (Å²) in [5.41, 5.74) is 9.31. The van der Waals surface area contributed by atoms with Crippen molar-refractivity contribution in [3.63, 3.8) is 0 Å². The topological polar surface area (TPSA) is 120 Å². The zero-order valence-electron chi connectivity index (χ0n) is 12.2. The molecule has 0 spiro atoms.